The first-order valence-corrected chi connectivity index (χ1v) is 7.31. The van der Waals surface area contributed by atoms with Gasteiger partial charge in [0.25, 0.3) is 0 Å². The van der Waals surface area contributed by atoms with Crippen molar-refractivity contribution in [1.29, 1.82) is 0 Å². The van der Waals surface area contributed by atoms with Crippen LogP contribution in [0.1, 0.15) is 0 Å². The Morgan fingerprint density at radius 2 is 1.19 bits per heavy atom. The molecule has 0 radical (unpaired) electrons. The van der Waals surface area contributed by atoms with E-state index in [0.29, 0.717) is 13.2 Å². The van der Waals surface area contributed by atoms with Crippen molar-refractivity contribution in [3.05, 3.63) is 54.6 Å². The molecule has 0 aromatic heterocycles. The highest BCUT2D eigenvalue weighted by Gasteiger charge is 2.26. The molecule has 0 saturated carbocycles. The highest BCUT2D eigenvalue weighted by atomic mass is 16.6. The minimum Gasteiger partial charge on any atom is -0.405 e. The summed E-state index contributed by atoms with van der Waals surface area (Å²) < 4.78 is 11.3. The lowest BCUT2D eigenvalue weighted by molar-refractivity contribution is 0.365. The molecule has 21 heavy (non-hydrogen) atoms. The normalized spacial score (nSPS) is 15.7. The van der Waals surface area contributed by atoms with E-state index in [1.807, 2.05) is 0 Å². The van der Waals surface area contributed by atoms with Crippen molar-refractivity contribution < 1.29 is 9.31 Å². The molecular formula is C18H13BO2. The Hall–Kier alpha value is -2.10. The van der Waals surface area contributed by atoms with Gasteiger partial charge in [0.2, 0.25) is 0 Å². The summed E-state index contributed by atoms with van der Waals surface area (Å²) in [5, 5.41) is 7.80. The van der Waals surface area contributed by atoms with E-state index in [1.165, 1.54) is 32.3 Å². The fraction of sp³-hybridized carbons (Fsp3) is 0.111. The third-order valence-electron chi connectivity index (χ3n) is 4.38. The molecule has 0 amide bonds. The zero-order valence-electron chi connectivity index (χ0n) is 11.5. The van der Waals surface area contributed by atoms with Crippen LogP contribution in [0.4, 0.5) is 0 Å². The predicted molar refractivity (Wildman–Crippen MR) is 87.4 cm³/mol. The molecule has 0 aliphatic carbocycles. The second-order valence-electron chi connectivity index (χ2n) is 5.63. The van der Waals surface area contributed by atoms with Crippen LogP contribution in [0.15, 0.2) is 54.6 Å². The molecule has 2 nitrogen and oxygen atoms in total. The molecule has 0 bridgehead atoms. The molecule has 0 atom stereocenters. The number of benzene rings is 4. The van der Waals surface area contributed by atoms with Crippen LogP contribution in [0.5, 0.6) is 0 Å². The van der Waals surface area contributed by atoms with E-state index in [9.17, 15) is 0 Å². The van der Waals surface area contributed by atoms with Crippen molar-refractivity contribution in [3.8, 4) is 0 Å². The summed E-state index contributed by atoms with van der Waals surface area (Å²) in [5.74, 6) is 0. The van der Waals surface area contributed by atoms with Crippen LogP contribution < -0.4 is 5.46 Å². The third-order valence-corrected chi connectivity index (χ3v) is 4.38. The Kier molecular flexibility index (Phi) is 2.31. The highest BCUT2D eigenvalue weighted by molar-refractivity contribution is 6.62. The topological polar surface area (TPSA) is 18.5 Å². The average molecular weight is 272 g/mol. The van der Waals surface area contributed by atoms with Crippen LogP contribution in [-0.4, -0.2) is 20.3 Å². The van der Waals surface area contributed by atoms with Gasteiger partial charge in [-0.05, 0) is 37.8 Å². The maximum absolute atomic E-state index is 5.64. The van der Waals surface area contributed by atoms with Crippen molar-refractivity contribution in [2.24, 2.45) is 0 Å². The SMILES string of the molecule is c1cc2ccc3cc(B4OCCO4)cc4ccc(c1)c2c34. The van der Waals surface area contributed by atoms with Gasteiger partial charge in [-0.25, -0.2) is 0 Å². The molecule has 4 aromatic rings. The lowest BCUT2D eigenvalue weighted by atomic mass is 9.77. The summed E-state index contributed by atoms with van der Waals surface area (Å²) >= 11 is 0. The van der Waals surface area contributed by atoms with Gasteiger partial charge in [0.05, 0.1) is 13.2 Å². The fourth-order valence-corrected chi connectivity index (χ4v) is 3.46. The predicted octanol–water partition coefficient (Wildman–Crippen LogP) is 3.33. The van der Waals surface area contributed by atoms with E-state index in [1.54, 1.807) is 0 Å². The molecule has 5 rings (SSSR count). The molecule has 100 valence electrons. The summed E-state index contributed by atoms with van der Waals surface area (Å²) in [6, 6.07) is 19.7. The van der Waals surface area contributed by atoms with Gasteiger partial charge in [0, 0.05) is 0 Å². The minimum atomic E-state index is -0.216. The van der Waals surface area contributed by atoms with Crippen LogP contribution in [0, 0.1) is 0 Å². The van der Waals surface area contributed by atoms with Crippen LogP contribution >= 0.6 is 0 Å². The molecule has 3 heteroatoms. The molecule has 1 saturated heterocycles. The highest BCUT2D eigenvalue weighted by Crippen LogP contribution is 2.33. The summed E-state index contributed by atoms with van der Waals surface area (Å²) in [6.07, 6.45) is 0. The Labute approximate surface area is 122 Å². The first kappa shape index (κ1) is 11.6. The smallest absolute Gasteiger partial charge is 0.405 e. The van der Waals surface area contributed by atoms with Crippen molar-refractivity contribution in [1.82, 2.24) is 0 Å². The Morgan fingerprint density at radius 1 is 0.667 bits per heavy atom. The van der Waals surface area contributed by atoms with Gasteiger partial charge < -0.3 is 9.31 Å². The Morgan fingerprint density at radius 3 is 1.81 bits per heavy atom. The number of hydrogen-bond donors (Lipinski definition) is 0. The van der Waals surface area contributed by atoms with E-state index in [0.717, 1.165) is 5.46 Å². The monoisotopic (exact) mass is 272 g/mol. The quantitative estimate of drug-likeness (QED) is 0.391. The van der Waals surface area contributed by atoms with Crippen molar-refractivity contribution >= 4 is 44.9 Å². The average Bonchev–Trinajstić information content (AvgIpc) is 3.07. The van der Waals surface area contributed by atoms with Crippen LogP contribution in [0.25, 0.3) is 32.3 Å². The number of rotatable bonds is 1. The zero-order chi connectivity index (χ0) is 13.8. The summed E-state index contributed by atoms with van der Waals surface area (Å²) in [5.41, 5.74) is 1.11. The molecular weight excluding hydrogens is 259 g/mol. The van der Waals surface area contributed by atoms with Crippen LogP contribution in [0.2, 0.25) is 0 Å². The van der Waals surface area contributed by atoms with Gasteiger partial charge in [0.1, 0.15) is 0 Å². The Bertz CT molecular complexity index is 894. The van der Waals surface area contributed by atoms with E-state index in [-0.39, 0.29) is 7.12 Å². The van der Waals surface area contributed by atoms with E-state index in [2.05, 4.69) is 54.6 Å². The number of hydrogen-bond acceptors (Lipinski definition) is 2. The van der Waals surface area contributed by atoms with E-state index >= 15 is 0 Å². The summed E-state index contributed by atoms with van der Waals surface area (Å²) in [6.45, 7) is 1.35. The van der Waals surface area contributed by atoms with Crippen LogP contribution in [-0.2, 0) is 9.31 Å². The maximum atomic E-state index is 5.64. The van der Waals surface area contributed by atoms with E-state index < -0.39 is 0 Å². The second kappa shape index (κ2) is 4.20. The fourth-order valence-electron chi connectivity index (χ4n) is 3.46. The van der Waals surface area contributed by atoms with Crippen molar-refractivity contribution in [2.45, 2.75) is 0 Å². The molecule has 4 aromatic carbocycles. The van der Waals surface area contributed by atoms with Gasteiger partial charge >= 0.3 is 7.12 Å². The molecule has 0 N–H and O–H groups in total. The molecule has 0 unspecified atom stereocenters. The molecule has 1 heterocycles. The standard InChI is InChI=1S/C18H13BO2/c1-2-12-4-6-14-10-16(19-20-8-9-21-19)11-15-7-5-13(3-1)17(12)18(14)15/h1-7,10-11H,8-9H2. The zero-order valence-corrected chi connectivity index (χ0v) is 11.5. The minimum absolute atomic E-state index is 0.216. The summed E-state index contributed by atoms with van der Waals surface area (Å²) in [7, 11) is -0.216. The molecule has 0 spiro atoms. The maximum Gasteiger partial charge on any atom is 0.494 e. The van der Waals surface area contributed by atoms with Gasteiger partial charge in [-0.1, -0.05) is 54.6 Å². The second-order valence-corrected chi connectivity index (χ2v) is 5.63. The molecule has 1 aliphatic heterocycles. The first-order valence-electron chi connectivity index (χ1n) is 7.31. The van der Waals surface area contributed by atoms with E-state index in [4.69, 9.17) is 9.31 Å². The third kappa shape index (κ3) is 1.62. The summed E-state index contributed by atoms with van der Waals surface area (Å²) in [4.78, 5) is 0. The molecule has 1 aliphatic rings. The lowest BCUT2D eigenvalue weighted by Crippen LogP contribution is -2.31. The van der Waals surface area contributed by atoms with Gasteiger partial charge in [-0.3, -0.25) is 0 Å². The molecule has 1 fully saturated rings. The first-order chi connectivity index (χ1) is 10.4. The van der Waals surface area contributed by atoms with Gasteiger partial charge in [-0.15, -0.1) is 0 Å². The largest absolute Gasteiger partial charge is 0.494 e. The van der Waals surface area contributed by atoms with Crippen molar-refractivity contribution in [2.75, 3.05) is 13.2 Å². The van der Waals surface area contributed by atoms with Crippen molar-refractivity contribution in [3.63, 3.8) is 0 Å². The van der Waals surface area contributed by atoms with Gasteiger partial charge in [0.15, 0.2) is 0 Å². The Balaban J connectivity index is 1.90. The lowest BCUT2D eigenvalue weighted by Gasteiger charge is -2.13. The van der Waals surface area contributed by atoms with Crippen LogP contribution in [0.3, 0.4) is 0 Å². The van der Waals surface area contributed by atoms with Gasteiger partial charge in [-0.2, -0.15) is 0 Å².